The average molecular weight is 564 g/mol. The van der Waals surface area contributed by atoms with Gasteiger partial charge in [-0.3, -0.25) is 0 Å². The summed E-state index contributed by atoms with van der Waals surface area (Å²) in [5, 5.41) is 4.72. The molecule has 0 aliphatic carbocycles. The van der Waals surface area contributed by atoms with Gasteiger partial charge >= 0.3 is 0 Å². The summed E-state index contributed by atoms with van der Waals surface area (Å²) in [5.74, 6) is 0.880. The summed E-state index contributed by atoms with van der Waals surface area (Å²) in [5.41, 5.74) is 2.57. The van der Waals surface area contributed by atoms with Crippen LogP contribution in [-0.2, 0) is 19.6 Å². The SMILES string of the molecule is CCOc1cc(CNCCc2ccc(Cl)cc2Cl)cc(Br)c1OCc1ccccc1F.Cl. The molecule has 3 aromatic carbocycles. The zero-order chi connectivity index (χ0) is 22.2. The summed E-state index contributed by atoms with van der Waals surface area (Å²) in [6.45, 7) is 3.93. The highest BCUT2D eigenvalue weighted by atomic mass is 79.9. The minimum Gasteiger partial charge on any atom is -0.490 e. The van der Waals surface area contributed by atoms with E-state index in [4.69, 9.17) is 32.7 Å². The lowest BCUT2D eigenvalue weighted by Gasteiger charge is -2.16. The third kappa shape index (κ3) is 7.53. The molecule has 0 aromatic heterocycles. The topological polar surface area (TPSA) is 30.5 Å². The Morgan fingerprint density at radius 2 is 1.78 bits per heavy atom. The molecule has 0 unspecified atom stereocenters. The average Bonchev–Trinajstić information content (AvgIpc) is 2.73. The molecule has 32 heavy (non-hydrogen) atoms. The number of hydrogen-bond donors (Lipinski definition) is 1. The van der Waals surface area contributed by atoms with Crippen LogP contribution in [0.1, 0.15) is 23.6 Å². The van der Waals surface area contributed by atoms with Gasteiger partial charge in [0.2, 0.25) is 0 Å². The lowest BCUT2D eigenvalue weighted by Crippen LogP contribution is -2.17. The summed E-state index contributed by atoms with van der Waals surface area (Å²) in [6.07, 6.45) is 0.791. The zero-order valence-corrected chi connectivity index (χ0v) is 21.4. The summed E-state index contributed by atoms with van der Waals surface area (Å²) in [4.78, 5) is 0. The molecule has 0 aliphatic heterocycles. The summed E-state index contributed by atoms with van der Waals surface area (Å²) in [7, 11) is 0. The van der Waals surface area contributed by atoms with E-state index < -0.39 is 0 Å². The highest BCUT2D eigenvalue weighted by Gasteiger charge is 2.14. The second-order valence-electron chi connectivity index (χ2n) is 6.88. The molecule has 8 heteroatoms. The van der Waals surface area contributed by atoms with E-state index in [0.29, 0.717) is 40.3 Å². The molecule has 0 atom stereocenters. The van der Waals surface area contributed by atoms with E-state index in [1.807, 2.05) is 31.2 Å². The van der Waals surface area contributed by atoms with Crippen LogP contribution in [0.3, 0.4) is 0 Å². The van der Waals surface area contributed by atoms with Gasteiger partial charge < -0.3 is 14.8 Å². The predicted molar refractivity (Wildman–Crippen MR) is 135 cm³/mol. The number of halogens is 5. The lowest BCUT2D eigenvalue weighted by molar-refractivity contribution is 0.264. The molecule has 0 saturated heterocycles. The van der Waals surface area contributed by atoms with Crippen molar-refractivity contribution >= 4 is 51.5 Å². The maximum absolute atomic E-state index is 13.9. The largest absolute Gasteiger partial charge is 0.490 e. The van der Waals surface area contributed by atoms with Crippen molar-refractivity contribution in [1.82, 2.24) is 5.32 Å². The molecule has 0 bridgehead atoms. The van der Waals surface area contributed by atoms with Gasteiger partial charge in [0.1, 0.15) is 12.4 Å². The van der Waals surface area contributed by atoms with Gasteiger partial charge in [-0.2, -0.15) is 0 Å². The van der Waals surface area contributed by atoms with E-state index in [0.717, 1.165) is 28.6 Å². The molecule has 0 fully saturated rings. The normalized spacial score (nSPS) is 10.5. The molecule has 0 radical (unpaired) electrons. The second-order valence-corrected chi connectivity index (χ2v) is 8.58. The van der Waals surface area contributed by atoms with E-state index in [9.17, 15) is 4.39 Å². The molecule has 0 aliphatic rings. The van der Waals surface area contributed by atoms with Gasteiger partial charge in [-0.05, 0) is 77.3 Å². The number of benzene rings is 3. The fourth-order valence-corrected chi connectivity index (χ4v) is 4.18. The molecule has 3 aromatic rings. The summed E-state index contributed by atoms with van der Waals surface area (Å²) >= 11 is 15.7. The number of rotatable bonds is 10. The third-order valence-electron chi connectivity index (χ3n) is 4.61. The van der Waals surface area contributed by atoms with Gasteiger partial charge in [-0.25, -0.2) is 4.39 Å². The molecular weight excluding hydrogens is 540 g/mol. The Morgan fingerprint density at radius 1 is 1.00 bits per heavy atom. The van der Waals surface area contributed by atoms with Crippen LogP contribution in [0.5, 0.6) is 11.5 Å². The first-order chi connectivity index (χ1) is 15.0. The first-order valence-corrected chi connectivity index (χ1v) is 11.5. The van der Waals surface area contributed by atoms with Crippen molar-refractivity contribution in [3.63, 3.8) is 0 Å². The molecule has 172 valence electrons. The number of nitrogens with one attached hydrogen (secondary N) is 1. The predicted octanol–water partition coefficient (Wildman–Crippen LogP) is 7.63. The van der Waals surface area contributed by atoms with E-state index in [1.54, 1.807) is 24.3 Å². The van der Waals surface area contributed by atoms with Gasteiger partial charge in [0.25, 0.3) is 0 Å². The Bertz CT molecular complexity index is 1040. The monoisotopic (exact) mass is 561 g/mol. The van der Waals surface area contributed by atoms with Crippen molar-refractivity contribution in [2.24, 2.45) is 0 Å². The van der Waals surface area contributed by atoms with Crippen LogP contribution in [0, 0.1) is 5.82 Å². The van der Waals surface area contributed by atoms with E-state index in [1.165, 1.54) is 6.07 Å². The lowest BCUT2D eigenvalue weighted by atomic mass is 10.1. The molecule has 3 rings (SSSR count). The van der Waals surface area contributed by atoms with Gasteiger partial charge in [-0.1, -0.05) is 47.5 Å². The van der Waals surface area contributed by atoms with Crippen molar-refractivity contribution in [2.75, 3.05) is 13.2 Å². The highest BCUT2D eigenvalue weighted by molar-refractivity contribution is 9.10. The molecule has 0 saturated carbocycles. The van der Waals surface area contributed by atoms with Crippen molar-refractivity contribution in [2.45, 2.75) is 26.5 Å². The van der Waals surface area contributed by atoms with E-state index in [2.05, 4.69) is 21.2 Å². The van der Waals surface area contributed by atoms with Gasteiger partial charge in [0.15, 0.2) is 11.5 Å². The second kappa shape index (κ2) is 13.3. The van der Waals surface area contributed by atoms with Crippen LogP contribution in [0.15, 0.2) is 59.1 Å². The molecule has 0 spiro atoms. The van der Waals surface area contributed by atoms with Crippen molar-refractivity contribution < 1.29 is 13.9 Å². The van der Waals surface area contributed by atoms with Crippen molar-refractivity contribution in [1.29, 1.82) is 0 Å². The first kappa shape index (κ1) is 26.7. The maximum Gasteiger partial charge on any atom is 0.175 e. The van der Waals surface area contributed by atoms with E-state index in [-0.39, 0.29) is 24.8 Å². The maximum atomic E-state index is 13.9. The van der Waals surface area contributed by atoms with Crippen molar-refractivity contribution in [3.05, 3.63) is 91.6 Å². The van der Waals surface area contributed by atoms with E-state index >= 15 is 0 Å². The smallest absolute Gasteiger partial charge is 0.175 e. The molecule has 0 amide bonds. The van der Waals surface area contributed by atoms with Crippen LogP contribution in [-0.4, -0.2) is 13.2 Å². The molecular formula is C24H24BrCl3FNO2. The van der Waals surface area contributed by atoms with Crippen LogP contribution in [0.4, 0.5) is 4.39 Å². The minimum absolute atomic E-state index is 0. The van der Waals surface area contributed by atoms with Gasteiger partial charge in [0.05, 0.1) is 11.1 Å². The van der Waals surface area contributed by atoms with Crippen LogP contribution in [0.2, 0.25) is 10.0 Å². The summed E-state index contributed by atoms with van der Waals surface area (Å²) in [6, 6.07) is 16.0. The highest BCUT2D eigenvalue weighted by Crippen LogP contribution is 2.37. The van der Waals surface area contributed by atoms with Crippen LogP contribution >= 0.6 is 51.5 Å². The Kier molecular flexibility index (Phi) is 11.1. The Balaban J connectivity index is 0.00000363. The molecule has 0 heterocycles. The fraction of sp³-hybridized carbons (Fsp3) is 0.250. The minimum atomic E-state index is -0.293. The number of ether oxygens (including phenoxy) is 2. The van der Waals surface area contributed by atoms with Crippen LogP contribution < -0.4 is 14.8 Å². The van der Waals surface area contributed by atoms with Crippen molar-refractivity contribution in [3.8, 4) is 11.5 Å². The molecule has 1 N–H and O–H groups in total. The quantitative estimate of drug-likeness (QED) is 0.257. The summed E-state index contributed by atoms with van der Waals surface area (Å²) < 4.78 is 26.3. The molecule has 3 nitrogen and oxygen atoms in total. The fourth-order valence-electron chi connectivity index (χ4n) is 3.07. The number of hydrogen-bond acceptors (Lipinski definition) is 3. The first-order valence-electron chi connectivity index (χ1n) is 9.94. The van der Waals surface area contributed by atoms with Gasteiger partial charge in [-0.15, -0.1) is 12.4 Å². The third-order valence-corrected chi connectivity index (χ3v) is 5.79. The Labute approximate surface area is 212 Å². The Morgan fingerprint density at radius 3 is 2.50 bits per heavy atom. The van der Waals surface area contributed by atoms with Crippen LogP contribution in [0.25, 0.3) is 0 Å². The standard InChI is InChI=1S/C24H23BrCl2FNO2.ClH/c1-2-30-23-12-16(14-29-10-9-17-7-8-19(26)13-21(17)27)11-20(25)24(23)31-15-18-5-3-4-6-22(18)28;/h3-8,11-13,29H,2,9-10,14-15H2,1H3;1H. The zero-order valence-electron chi connectivity index (χ0n) is 17.5. The Hall–Kier alpha value is -1.50. The van der Waals surface area contributed by atoms with Gasteiger partial charge in [0, 0.05) is 22.2 Å².